The first-order valence-electron chi connectivity index (χ1n) is 12.7. The lowest BCUT2D eigenvalue weighted by molar-refractivity contribution is -0.143. The number of guanidine groups is 1. The number of carboxylic acids is 2. The zero-order valence-corrected chi connectivity index (χ0v) is 22.5. The highest BCUT2D eigenvalue weighted by Crippen LogP contribution is 2.13. The van der Waals surface area contributed by atoms with Crippen molar-refractivity contribution in [3.8, 4) is 5.75 Å². The third-order valence-corrected chi connectivity index (χ3v) is 5.87. The second kappa shape index (κ2) is 16.5. The molecule has 15 nitrogen and oxygen atoms in total. The van der Waals surface area contributed by atoms with Gasteiger partial charge in [0, 0.05) is 19.4 Å². The summed E-state index contributed by atoms with van der Waals surface area (Å²) in [6.45, 7) is 3.58. The highest BCUT2D eigenvalue weighted by atomic mass is 16.4. The highest BCUT2D eigenvalue weighted by molar-refractivity contribution is 5.94. The van der Waals surface area contributed by atoms with Crippen LogP contribution in [0, 0.1) is 5.92 Å². The number of amides is 3. The van der Waals surface area contributed by atoms with Gasteiger partial charge in [0.05, 0.1) is 6.04 Å². The first kappa shape index (κ1) is 33.6. The van der Waals surface area contributed by atoms with Gasteiger partial charge in [0.15, 0.2) is 5.96 Å². The predicted octanol–water partition coefficient (Wildman–Crippen LogP) is -1.62. The van der Waals surface area contributed by atoms with E-state index in [1.165, 1.54) is 12.1 Å². The van der Waals surface area contributed by atoms with Crippen LogP contribution in [0.1, 0.15) is 45.1 Å². The summed E-state index contributed by atoms with van der Waals surface area (Å²) >= 11 is 0. The maximum Gasteiger partial charge on any atom is 0.326 e. The molecule has 4 unspecified atom stereocenters. The molecule has 40 heavy (non-hydrogen) atoms. The number of carboxylic acid groups (broad SMARTS) is 2. The number of nitrogens with one attached hydrogen (secondary N) is 3. The van der Waals surface area contributed by atoms with Crippen LogP contribution in [0.2, 0.25) is 0 Å². The quantitative estimate of drug-likeness (QED) is 0.0587. The molecule has 0 heterocycles. The molecule has 15 heteroatoms. The Labute approximate surface area is 231 Å². The fraction of sp³-hybridized carbons (Fsp3) is 0.520. The molecule has 3 amide bonds. The largest absolute Gasteiger partial charge is 0.508 e. The van der Waals surface area contributed by atoms with Crippen LogP contribution in [-0.4, -0.2) is 81.7 Å². The van der Waals surface area contributed by atoms with Crippen LogP contribution in [0.4, 0.5) is 0 Å². The minimum atomic E-state index is -1.52. The van der Waals surface area contributed by atoms with Gasteiger partial charge in [0.2, 0.25) is 17.7 Å². The normalized spacial score (nSPS) is 13.8. The van der Waals surface area contributed by atoms with Gasteiger partial charge in [-0.1, -0.05) is 26.0 Å². The van der Waals surface area contributed by atoms with Gasteiger partial charge in [0.25, 0.3) is 0 Å². The summed E-state index contributed by atoms with van der Waals surface area (Å²) in [4.78, 5) is 65.4. The van der Waals surface area contributed by atoms with E-state index in [1.54, 1.807) is 26.0 Å². The lowest BCUT2D eigenvalue weighted by Gasteiger charge is -2.26. The molecular formula is C25H39N7O8. The molecule has 0 saturated carbocycles. The summed E-state index contributed by atoms with van der Waals surface area (Å²) in [6, 6.07) is 1.05. The van der Waals surface area contributed by atoms with E-state index in [0.717, 1.165) is 0 Å². The van der Waals surface area contributed by atoms with Crippen LogP contribution in [0.25, 0.3) is 0 Å². The predicted molar refractivity (Wildman–Crippen MR) is 145 cm³/mol. The lowest BCUT2D eigenvalue weighted by Crippen LogP contribution is -2.58. The van der Waals surface area contributed by atoms with Gasteiger partial charge in [0.1, 0.15) is 23.9 Å². The summed E-state index contributed by atoms with van der Waals surface area (Å²) in [5, 5.41) is 35.3. The zero-order chi connectivity index (χ0) is 30.4. The van der Waals surface area contributed by atoms with Crippen molar-refractivity contribution in [1.82, 2.24) is 16.0 Å². The minimum absolute atomic E-state index is 0.00371. The number of phenols is 1. The summed E-state index contributed by atoms with van der Waals surface area (Å²) in [6.07, 6.45) is -0.684. The molecular weight excluding hydrogens is 526 g/mol. The zero-order valence-electron chi connectivity index (χ0n) is 22.5. The number of nitrogens with two attached hydrogens (primary N) is 3. The lowest BCUT2D eigenvalue weighted by atomic mass is 10.0. The van der Waals surface area contributed by atoms with Gasteiger partial charge in [-0.2, -0.15) is 0 Å². The molecule has 0 fully saturated rings. The van der Waals surface area contributed by atoms with E-state index < -0.39 is 60.2 Å². The number of hydrogen-bond acceptors (Lipinski definition) is 8. The van der Waals surface area contributed by atoms with E-state index >= 15 is 0 Å². The summed E-state index contributed by atoms with van der Waals surface area (Å²) in [5.41, 5.74) is 17.2. The molecule has 1 aromatic rings. The highest BCUT2D eigenvalue weighted by Gasteiger charge is 2.31. The topological polar surface area (TPSA) is 273 Å². The molecule has 0 saturated heterocycles. The molecule has 1 aromatic carbocycles. The van der Waals surface area contributed by atoms with Crippen molar-refractivity contribution in [3.05, 3.63) is 29.8 Å². The number of aliphatic carboxylic acids is 2. The van der Waals surface area contributed by atoms with E-state index in [9.17, 15) is 34.2 Å². The summed E-state index contributed by atoms with van der Waals surface area (Å²) < 4.78 is 0. The van der Waals surface area contributed by atoms with E-state index in [4.69, 9.17) is 22.3 Å². The second-order valence-corrected chi connectivity index (χ2v) is 9.54. The van der Waals surface area contributed by atoms with E-state index in [2.05, 4.69) is 20.9 Å². The molecule has 1 rings (SSSR count). The number of nitrogens with zero attached hydrogens (tertiary/aromatic N) is 1. The molecule has 4 atom stereocenters. The standard InChI is InChI=1S/C25H39N7O8/c1-13(2)20(26)23(38)32-18(12-14-5-7-15(33)8-6-14)22(37)30-16(4-3-11-29-25(27)28)21(36)31-17(24(39)40)9-10-19(34)35/h5-8,13,16-18,20,33H,3-4,9-12,26H2,1-2H3,(H,30,37)(H,31,36)(H,32,38)(H,34,35)(H,39,40)(H4,27,28,29). The Morgan fingerprint density at radius 2 is 1.40 bits per heavy atom. The fourth-order valence-electron chi connectivity index (χ4n) is 3.49. The average Bonchev–Trinajstić information content (AvgIpc) is 2.87. The number of carbonyl (C=O) groups is 5. The number of hydrogen-bond donors (Lipinski definition) is 9. The van der Waals surface area contributed by atoms with Gasteiger partial charge in [-0.15, -0.1) is 0 Å². The maximum absolute atomic E-state index is 13.4. The first-order valence-corrected chi connectivity index (χ1v) is 12.7. The van der Waals surface area contributed by atoms with Crippen molar-refractivity contribution in [2.45, 2.75) is 70.1 Å². The van der Waals surface area contributed by atoms with Crippen LogP contribution < -0.4 is 33.2 Å². The third kappa shape index (κ3) is 12.4. The minimum Gasteiger partial charge on any atom is -0.508 e. The Morgan fingerprint density at radius 3 is 1.93 bits per heavy atom. The molecule has 222 valence electrons. The van der Waals surface area contributed by atoms with Crippen molar-refractivity contribution < 1.29 is 39.3 Å². The maximum atomic E-state index is 13.4. The van der Waals surface area contributed by atoms with Crippen molar-refractivity contribution in [2.24, 2.45) is 28.1 Å². The van der Waals surface area contributed by atoms with Crippen LogP contribution in [0.3, 0.4) is 0 Å². The Hall–Kier alpha value is -4.40. The molecule has 0 bridgehead atoms. The van der Waals surface area contributed by atoms with E-state index in [0.29, 0.717) is 5.56 Å². The van der Waals surface area contributed by atoms with Gasteiger partial charge >= 0.3 is 11.9 Å². The van der Waals surface area contributed by atoms with Gasteiger partial charge < -0.3 is 48.5 Å². The summed E-state index contributed by atoms with van der Waals surface area (Å²) in [7, 11) is 0. The SMILES string of the molecule is CC(C)C(N)C(=O)NC(Cc1ccc(O)cc1)C(=O)NC(CCCN=C(N)N)C(=O)NC(CCC(=O)O)C(=O)O. The monoisotopic (exact) mass is 565 g/mol. The first-order chi connectivity index (χ1) is 18.7. The van der Waals surface area contributed by atoms with E-state index in [1.807, 2.05) is 0 Å². The number of phenolic OH excluding ortho intramolecular Hbond substituents is 1. The smallest absolute Gasteiger partial charge is 0.326 e. The third-order valence-electron chi connectivity index (χ3n) is 5.87. The number of carbonyl (C=O) groups excluding carboxylic acids is 3. The van der Waals surface area contributed by atoms with E-state index in [-0.39, 0.29) is 49.9 Å². The number of benzene rings is 1. The van der Waals surface area contributed by atoms with Crippen LogP contribution in [0.5, 0.6) is 5.75 Å². The molecule has 0 spiro atoms. The molecule has 0 aliphatic carbocycles. The Morgan fingerprint density at radius 1 is 0.850 bits per heavy atom. The number of aromatic hydroxyl groups is 1. The van der Waals surface area contributed by atoms with Gasteiger partial charge in [-0.25, -0.2) is 4.79 Å². The summed E-state index contributed by atoms with van der Waals surface area (Å²) in [5.74, 6) is -5.31. The van der Waals surface area contributed by atoms with Crippen molar-refractivity contribution >= 4 is 35.6 Å². The fourth-order valence-corrected chi connectivity index (χ4v) is 3.49. The Balaban J connectivity index is 3.19. The van der Waals surface area contributed by atoms with Crippen molar-refractivity contribution in [3.63, 3.8) is 0 Å². The Kier molecular flexibility index (Phi) is 13.9. The molecule has 0 aliphatic heterocycles. The van der Waals surface area contributed by atoms with Crippen molar-refractivity contribution in [2.75, 3.05) is 6.54 Å². The molecule has 12 N–H and O–H groups in total. The van der Waals surface area contributed by atoms with Crippen LogP contribution in [0.15, 0.2) is 29.3 Å². The van der Waals surface area contributed by atoms with Crippen LogP contribution >= 0.6 is 0 Å². The van der Waals surface area contributed by atoms with Gasteiger partial charge in [-0.05, 0) is 42.9 Å². The van der Waals surface area contributed by atoms with Crippen LogP contribution in [-0.2, 0) is 30.4 Å². The second-order valence-electron chi connectivity index (χ2n) is 9.54. The number of rotatable bonds is 17. The molecule has 0 aromatic heterocycles. The van der Waals surface area contributed by atoms with Crippen molar-refractivity contribution in [1.29, 1.82) is 0 Å². The number of aliphatic imine (C=N–C) groups is 1. The average molecular weight is 566 g/mol. The Bertz CT molecular complexity index is 1060. The molecule has 0 radical (unpaired) electrons. The molecule has 0 aliphatic rings. The van der Waals surface area contributed by atoms with Gasteiger partial charge in [-0.3, -0.25) is 24.2 Å².